The number of urea groups is 1. The van der Waals surface area contributed by atoms with Gasteiger partial charge in [0.05, 0.1) is 0 Å². The van der Waals surface area contributed by atoms with E-state index < -0.39 is 49.7 Å². The van der Waals surface area contributed by atoms with E-state index in [0.29, 0.717) is 0 Å². The maximum absolute atomic E-state index is 15.6. The Kier molecular flexibility index (Phi) is 6.25. The largest absolute Gasteiger partial charge is 0.325 e. The number of amides is 2. The molecule has 0 spiro atoms. The zero-order valence-corrected chi connectivity index (χ0v) is 17.5. The van der Waals surface area contributed by atoms with Crippen molar-refractivity contribution in [3.8, 4) is 0 Å². The van der Waals surface area contributed by atoms with Crippen molar-refractivity contribution in [2.24, 2.45) is 13.0 Å². The Morgan fingerprint density at radius 3 is 2.55 bits per heavy atom. The molecule has 0 aromatic carbocycles. The lowest BCUT2D eigenvalue weighted by Gasteiger charge is -2.37. The van der Waals surface area contributed by atoms with Crippen molar-refractivity contribution in [2.75, 3.05) is 18.4 Å². The Morgan fingerprint density at radius 2 is 1.97 bits per heavy atom. The van der Waals surface area contributed by atoms with E-state index in [1.807, 2.05) is 0 Å². The smallest absolute Gasteiger partial charge is 0.321 e. The monoisotopic (exact) mass is 463 g/mol. The van der Waals surface area contributed by atoms with Crippen LogP contribution in [-0.4, -0.2) is 52.2 Å². The number of carbonyl (C=O) groups is 1. The van der Waals surface area contributed by atoms with E-state index in [1.165, 1.54) is 24.2 Å². The summed E-state index contributed by atoms with van der Waals surface area (Å²) in [5, 5.41) is 3.09. The number of piperidine rings is 1. The maximum Gasteiger partial charge on any atom is 0.321 e. The van der Waals surface area contributed by atoms with Crippen molar-refractivity contribution in [1.29, 1.82) is 0 Å². The quantitative estimate of drug-likeness (QED) is 0.542. The third kappa shape index (κ3) is 4.50. The zero-order valence-electron chi connectivity index (χ0n) is 16.7. The SMILES string of the molecule is Cn1cc(S(=O)(=O)[C@](C)(F)C2CCN(C(=O)Nc3ccnc(F)c3)CC2)c(C(F)F)n1. The van der Waals surface area contributed by atoms with Gasteiger partial charge in [0.2, 0.25) is 20.8 Å². The summed E-state index contributed by atoms with van der Waals surface area (Å²) in [4.78, 5) is 16.2. The summed E-state index contributed by atoms with van der Waals surface area (Å²) in [7, 11) is -3.51. The number of sulfone groups is 1. The van der Waals surface area contributed by atoms with Gasteiger partial charge in [0.25, 0.3) is 6.43 Å². The fraction of sp³-hybridized carbons (Fsp3) is 0.500. The highest BCUT2D eigenvalue weighted by molar-refractivity contribution is 7.92. The number of rotatable bonds is 5. The molecule has 2 aromatic rings. The lowest BCUT2D eigenvalue weighted by molar-refractivity contribution is 0.116. The summed E-state index contributed by atoms with van der Waals surface area (Å²) in [5.41, 5.74) is -0.804. The second-order valence-electron chi connectivity index (χ2n) is 7.40. The van der Waals surface area contributed by atoms with Crippen molar-refractivity contribution in [2.45, 2.75) is 36.1 Å². The third-order valence-corrected chi connectivity index (χ3v) is 7.61. The predicted octanol–water partition coefficient (Wildman–Crippen LogP) is 3.30. The number of aryl methyl sites for hydroxylation is 1. The van der Waals surface area contributed by atoms with Crippen LogP contribution in [0, 0.1) is 11.9 Å². The molecular formula is C18H21F4N5O3S. The van der Waals surface area contributed by atoms with Crippen molar-refractivity contribution in [1.82, 2.24) is 19.7 Å². The number of likely N-dealkylation sites (tertiary alicyclic amines) is 1. The van der Waals surface area contributed by atoms with Gasteiger partial charge < -0.3 is 10.2 Å². The summed E-state index contributed by atoms with van der Waals surface area (Å²) in [6.45, 7) is 0.923. The molecule has 1 aliphatic heterocycles. The molecule has 0 bridgehead atoms. The van der Waals surface area contributed by atoms with Crippen molar-refractivity contribution in [3.63, 3.8) is 0 Å². The molecule has 1 aliphatic rings. The van der Waals surface area contributed by atoms with E-state index in [-0.39, 0.29) is 31.6 Å². The van der Waals surface area contributed by atoms with Crippen LogP contribution in [0.15, 0.2) is 29.4 Å². The number of hydrogen-bond donors (Lipinski definition) is 1. The number of nitrogens with one attached hydrogen (secondary N) is 1. The first-order valence-corrected chi connectivity index (χ1v) is 10.8. The second kappa shape index (κ2) is 8.44. The highest BCUT2D eigenvalue weighted by atomic mass is 32.2. The van der Waals surface area contributed by atoms with Crippen LogP contribution in [0.25, 0.3) is 0 Å². The topological polar surface area (TPSA) is 97.2 Å². The van der Waals surface area contributed by atoms with E-state index in [1.54, 1.807) is 0 Å². The standard InChI is InChI=1S/C18H21F4N5O3S/c1-18(22,31(29,30)13-10-26(2)25-15(13)16(20)21)11-4-7-27(8-5-11)17(28)24-12-3-6-23-14(19)9-12/h3,6,9-11,16H,4-5,7-8H2,1-2H3,(H,23,24,28)/t18-/m0/s1. The van der Waals surface area contributed by atoms with Gasteiger partial charge in [-0.15, -0.1) is 0 Å². The summed E-state index contributed by atoms with van der Waals surface area (Å²) in [5.74, 6) is -1.79. The minimum atomic E-state index is -4.78. The fourth-order valence-corrected chi connectivity index (χ4v) is 5.36. The number of carbonyl (C=O) groups excluding carboxylic acids is 1. The number of alkyl halides is 3. The average molecular weight is 463 g/mol. The van der Waals surface area contributed by atoms with Gasteiger partial charge >= 0.3 is 6.03 Å². The Labute approximate surface area is 176 Å². The summed E-state index contributed by atoms with van der Waals surface area (Å²) < 4.78 is 81.8. The van der Waals surface area contributed by atoms with E-state index in [4.69, 9.17) is 0 Å². The Morgan fingerprint density at radius 1 is 1.32 bits per heavy atom. The summed E-state index contributed by atoms with van der Waals surface area (Å²) in [6, 6.07) is 1.87. The van der Waals surface area contributed by atoms with Gasteiger partial charge in [-0.05, 0) is 25.8 Å². The van der Waals surface area contributed by atoms with Crippen molar-refractivity contribution < 1.29 is 30.8 Å². The van der Waals surface area contributed by atoms with Gasteiger partial charge in [-0.3, -0.25) is 4.68 Å². The Balaban J connectivity index is 1.71. The zero-order chi connectivity index (χ0) is 23.0. The summed E-state index contributed by atoms with van der Waals surface area (Å²) in [6.07, 6.45) is -1.14. The molecule has 1 fully saturated rings. The van der Waals surface area contributed by atoms with Crippen LogP contribution in [0.5, 0.6) is 0 Å². The maximum atomic E-state index is 15.6. The van der Waals surface area contributed by atoms with Crippen molar-refractivity contribution in [3.05, 3.63) is 36.2 Å². The normalized spacial score (nSPS) is 17.6. The molecule has 0 aliphatic carbocycles. The number of nitrogens with zero attached hydrogens (tertiary/aromatic N) is 4. The number of halogens is 4. The first kappa shape index (κ1) is 23.0. The first-order chi connectivity index (χ1) is 14.4. The minimum absolute atomic E-state index is 0.00533. The molecule has 0 unspecified atom stereocenters. The molecule has 3 heterocycles. The van der Waals surface area contributed by atoms with E-state index >= 15 is 4.39 Å². The Bertz CT molecular complexity index is 1070. The van der Waals surface area contributed by atoms with Crippen LogP contribution in [0.1, 0.15) is 31.9 Å². The molecule has 1 saturated heterocycles. The molecule has 170 valence electrons. The molecule has 2 amide bonds. The van der Waals surface area contributed by atoms with Crippen LogP contribution in [-0.2, 0) is 16.9 Å². The van der Waals surface area contributed by atoms with Crippen LogP contribution in [0.4, 0.5) is 28.0 Å². The number of hydrogen-bond acceptors (Lipinski definition) is 5. The van der Waals surface area contributed by atoms with Crippen molar-refractivity contribution >= 4 is 21.6 Å². The van der Waals surface area contributed by atoms with E-state index in [2.05, 4.69) is 15.4 Å². The molecule has 1 N–H and O–H groups in total. The fourth-order valence-electron chi connectivity index (χ4n) is 3.56. The lowest BCUT2D eigenvalue weighted by atomic mass is 9.92. The minimum Gasteiger partial charge on any atom is -0.325 e. The van der Waals surface area contributed by atoms with Gasteiger partial charge in [0.15, 0.2) is 0 Å². The van der Waals surface area contributed by atoms with Crippen LogP contribution in [0.3, 0.4) is 0 Å². The molecule has 13 heteroatoms. The average Bonchev–Trinajstić information content (AvgIpc) is 3.11. The second-order valence-corrected chi connectivity index (χ2v) is 9.65. The van der Waals surface area contributed by atoms with Gasteiger partial charge in [-0.2, -0.15) is 9.49 Å². The van der Waals surface area contributed by atoms with Gasteiger partial charge in [-0.25, -0.2) is 31.4 Å². The molecule has 0 saturated carbocycles. The van der Waals surface area contributed by atoms with E-state index in [0.717, 1.165) is 23.9 Å². The van der Waals surface area contributed by atoms with Crippen LogP contribution < -0.4 is 5.32 Å². The van der Waals surface area contributed by atoms with Crippen LogP contribution in [0.2, 0.25) is 0 Å². The first-order valence-electron chi connectivity index (χ1n) is 9.36. The highest BCUT2D eigenvalue weighted by Crippen LogP contribution is 2.41. The van der Waals surface area contributed by atoms with Gasteiger partial charge in [0.1, 0.15) is 10.6 Å². The third-order valence-electron chi connectivity index (χ3n) is 5.33. The molecule has 1 atom stereocenters. The lowest BCUT2D eigenvalue weighted by Crippen LogP contribution is -2.48. The molecule has 31 heavy (non-hydrogen) atoms. The highest BCUT2D eigenvalue weighted by Gasteiger charge is 2.50. The molecule has 3 rings (SSSR count). The number of aromatic nitrogens is 3. The molecule has 8 nitrogen and oxygen atoms in total. The predicted molar refractivity (Wildman–Crippen MR) is 102 cm³/mol. The number of pyridine rings is 1. The molecule has 0 radical (unpaired) electrons. The van der Waals surface area contributed by atoms with Gasteiger partial charge in [-0.1, -0.05) is 0 Å². The molecule has 2 aromatic heterocycles. The summed E-state index contributed by atoms with van der Waals surface area (Å²) >= 11 is 0. The van der Waals surface area contributed by atoms with Crippen LogP contribution >= 0.6 is 0 Å². The van der Waals surface area contributed by atoms with E-state index in [9.17, 15) is 26.4 Å². The number of anilines is 1. The van der Waals surface area contributed by atoms with Gasteiger partial charge in [0, 0.05) is 50.2 Å². The molecular weight excluding hydrogens is 442 g/mol. The Hall–Kier alpha value is -2.70.